The van der Waals surface area contributed by atoms with E-state index >= 15 is 0 Å². The van der Waals surface area contributed by atoms with Gasteiger partial charge in [-0.25, -0.2) is 4.39 Å². The van der Waals surface area contributed by atoms with E-state index in [0.29, 0.717) is 0 Å². The Hall–Kier alpha value is -1.84. The molecule has 0 aliphatic carbocycles. The molecule has 0 saturated carbocycles. The Bertz CT molecular complexity index is 571. The van der Waals surface area contributed by atoms with E-state index in [1.54, 1.807) is 12.1 Å². The average molecular weight is 231 g/mol. The Morgan fingerprint density at radius 1 is 1.29 bits per heavy atom. The predicted octanol–water partition coefficient (Wildman–Crippen LogP) is 2.24. The molecule has 0 unspecified atom stereocenters. The minimum Gasteiger partial charge on any atom is -0.372 e. The van der Waals surface area contributed by atoms with Crippen molar-refractivity contribution in [3.63, 3.8) is 0 Å². The molecule has 88 valence electrons. The summed E-state index contributed by atoms with van der Waals surface area (Å²) in [5, 5.41) is 4.22. The maximum atomic E-state index is 13.2. The molecule has 17 heavy (non-hydrogen) atoms. The van der Waals surface area contributed by atoms with Gasteiger partial charge in [-0.3, -0.25) is 4.99 Å². The molecule has 2 N–H and O–H groups in total. The highest BCUT2D eigenvalue weighted by Crippen LogP contribution is 2.20. The molecule has 0 saturated heterocycles. The monoisotopic (exact) mass is 231 g/mol. The number of benzene rings is 1. The van der Waals surface area contributed by atoms with Crippen molar-refractivity contribution in [1.82, 2.24) is 10.3 Å². The molecule has 1 aromatic heterocycles. The van der Waals surface area contributed by atoms with Gasteiger partial charge >= 0.3 is 0 Å². The fraction of sp³-hybridized carbons (Fsp3) is 0.308. The zero-order valence-corrected chi connectivity index (χ0v) is 9.46. The van der Waals surface area contributed by atoms with Gasteiger partial charge in [-0.2, -0.15) is 0 Å². The lowest BCUT2D eigenvalue weighted by Crippen LogP contribution is -2.18. The Balaban J connectivity index is 1.82. The highest BCUT2D eigenvalue weighted by atomic mass is 19.1. The fourth-order valence-electron chi connectivity index (χ4n) is 2.22. The van der Waals surface area contributed by atoms with E-state index in [0.717, 1.165) is 48.2 Å². The number of H-pyrrole nitrogens is 1. The summed E-state index contributed by atoms with van der Waals surface area (Å²) in [6, 6.07) is 4.84. The summed E-state index contributed by atoms with van der Waals surface area (Å²) < 4.78 is 13.2. The number of halogens is 1. The zero-order chi connectivity index (χ0) is 11.7. The number of aryl methyl sites for hydroxylation is 1. The van der Waals surface area contributed by atoms with Crippen LogP contribution in [0.1, 0.15) is 12.0 Å². The SMILES string of the molecule is Fc1ccc2[nH]cc(CCC3=NCCN3)c2c1. The quantitative estimate of drug-likeness (QED) is 0.835. The minimum atomic E-state index is -0.185. The van der Waals surface area contributed by atoms with E-state index in [4.69, 9.17) is 0 Å². The summed E-state index contributed by atoms with van der Waals surface area (Å²) in [6.45, 7) is 1.82. The van der Waals surface area contributed by atoms with Crippen LogP contribution in [0.5, 0.6) is 0 Å². The molecule has 1 aromatic carbocycles. The summed E-state index contributed by atoms with van der Waals surface area (Å²) in [7, 11) is 0. The molecule has 0 atom stereocenters. The molecule has 0 bridgehead atoms. The second-order valence-corrected chi connectivity index (χ2v) is 4.26. The molecular formula is C13H14FN3. The maximum Gasteiger partial charge on any atom is 0.123 e. The molecule has 2 heterocycles. The van der Waals surface area contributed by atoms with Crippen LogP contribution in [0.2, 0.25) is 0 Å². The van der Waals surface area contributed by atoms with E-state index < -0.39 is 0 Å². The van der Waals surface area contributed by atoms with Crippen LogP contribution >= 0.6 is 0 Å². The van der Waals surface area contributed by atoms with Crippen LogP contribution in [0.3, 0.4) is 0 Å². The third-order valence-corrected chi connectivity index (χ3v) is 3.10. The summed E-state index contributed by atoms with van der Waals surface area (Å²) in [5.74, 6) is 0.880. The number of fused-ring (bicyclic) bond motifs is 1. The van der Waals surface area contributed by atoms with Crippen LogP contribution in [0.25, 0.3) is 10.9 Å². The lowest BCUT2D eigenvalue weighted by Gasteiger charge is -2.01. The Morgan fingerprint density at radius 3 is 3.06 bits per heavy atom. The van der Waals surface area contributed by atoms with Crippen molar-refractivity contribution < 1.29 is 4.39 Å². The molecule has 2 aromatic rings. The predicted molar refractivity (Wildman–Crippen MR) is 66.9 cm³/mol. The van der Waals surface area contributed by atoms with Gasteiger partial charge in [-0.05, 0) is 30.2 Å². The summed E-state index contributed by atoms with van der Waals surface area (Å²) >= 11 is 0. The van der Waals surface area contributed by atoms with Crippen LogP contribution in [0.15, 0.2) is 29.4 Å². The number of aromatic amines is 1. The van der Waals surface area contributed by atoms with Crippen LogP contribution in [0.4, 0.5) is 4.39 Å². The molecule has 0 fully saturated rings. The first kappa shape index (κ1) is 10.3. The number of hydrogen-bond donors (Lipinski definition) is 2. The Morgan fingerprint density at radius 2 is 2.24 bits per heavy atom. The minimum absolute atomic E-state index is 0.185. The van der Waals surface area contributed by atoms with E-state index in [2.05, 4.69) is 15.3 Å². The van der Waals surface area contributed by atoms with E-state index in [1.165, 1.54) is 6.07 Å². The molecule has 0 amide bonds. The van der Waals surface area contributed by atoms with Crippen LogP contribution < -0.4 is 5.32 Å². The standard InChI is InChI=1S/C13H14FN3/c14-10-2-3-12-11(7-10)9(8-17-12)1-4-13-15-5-6-16-13/h2-3,7-8,17H,1,4-6H2,(H,15,16). The topological polar surface area (TPSA) is 40.2 Å². The van der Waals surface area contributed by atoms with Gasteiger partial charge in [-0.1, -0.05) is 0 Å². The second-order valence-electron chi connectivity index (χ2n) is 4.26. The maximum absolute atomic E-state index is 13.2. The van der Waals surface area contributed by atoms with E-state index in [9.17, 15) is 4.39 Å². The van der Waals surface area contributed by atoms with Crippen molar-refractivity contribution in [3.05, 3.63) is 35.8 Å². The fourth-order valence-corrected chi connectivity index (χ4v) is 2.22. The van der Waals surface area contributed by atoms with Crippen LogP contribution in [-0.2, 0) is 6.42 Å². The molecule has 0 spiro atoms. The second kappa shape index (κ2) is 4.20. The third kappa shape index (κ3) is 2.02. The lowest BCUT2D eigenvalue weighted by atomic mass is 10.1. The number of aromatic nitrogens is 1. The summed E-state index contributed by atoms with van der Waals surface area (Å²) in [6.07, 6.45) is 3.73. The van der Waals surface area contributed by atoms with Gasteiger partial charge in [0.2, 0.25) is 0 Å². The average Bonchev–Trinajstić information content (AvgIpc) is 2.94. The van der Waals surface area contributed by atoms with Gasteiger partial charge < -0.3 is 10.3 Å². The smallest absolute Gasteiger partial charge is 0.123 e. The lowest BCUT2D eigenvalue weighted by molar-refractivity contribution is 0.629. The van der Waals surface area contributed by atoms with Gasteiger partial charge in [0.15, 0.2) is 0 Å². The third-order valence-electron chi connectivity index (χ3n) is 3.10. The largest absolute Gasteiger partial charge is 0.372 e. The first-order chi connectivity index (χ1) is 8.33. The zero-order valence-electron chi connectivity index (χ0n) is 9.46. The number of nitrogens with zero attached hydrogens (tertiary/aromatic N) is 1. The molecular weight excluding hydrogens is 217 g/mol. The highest BCUT2D eigenvalue weighted by Gasteiger charge is 2.08. The number of hydrogen-bond acceptors (Lipinski definition) is 2. The van der Waals surface area contributed by atoms with Crippen molar-refractivity contribution in [2.45, 2.75) is 12.8 Å². The first-order valence-electron chi connectivity index (χ1n) is 5.85. The molecule has 3 nitrogen and oxygen atoms in total. The highest BCUT2D eigenvalue weighted by molar-refractivity contribution is 5.86. The number of amidine groups is 1. The summed E-state index contributed by atoms with van der Waals surface area (Å²) in [5.41, 5.74) is 2.14. The van der Waals surface area contributed by atoms with Crippen LogP contribution in [0, 0.1) is 5.82 Å². The summed E-state index contributed by atoms with van der Waals surface area (Å²) in [4.78, 5) is 7.52. The molecule has 1 aliphatic heterocycles. The molecule has 1 aliphatic rings. The number of aliphatic imine (C=N–C) groups is 1. The van der Waals surface area contributed by atoms with Gasteiger partial charge in [0.25, 0.3) is 0 Å². The van der Waals surface area contributed by atoms with Gasteiger partial charge in [-0.15, -0.1) is 0 Å². The van der Waals surface area contributed by atoms with Crippen molar-refractivity contribution in [2.24, 2.45) is 4.99 Å². The number of nitrogens with one attached hydrogen (secondary N) is 2. The van der Waals surface area contributed by atoms with Gasteiger partial charge in [0.1, 0.15) is 5.82 Å². The van der Waals surface area contributed by atoms with Gasteiger partial charge in [0.05, 0.1) is 12.4 Å². The first-order valence-corrected chi connectivity index (χ1v) is 5.85. The van der Waals surface area contributed by atoms with Crippen molar-refractivity contribution >= 4 is 16.7 Å². The van der Waals surface area contributed by atoms with Crippen LogP contribution in [-0.4, -0.2) is 23.9 Å². The van der Waals surface area contributed by atoms with E-state index in [-0.39, 0.29) is 5.82 Å². The van der Waals surface area contributed by atoms with Crippen molar-refractivity contribution in [2.75, 3.05) is 13.1 Å². The Labute approximate surface area is 98.8 Å². The Kier molecular flexibility index (Phi) is 2.55. The van der Waals surface area contributed by atoms with E-state index in [1.807, 2.05) is 6.20 Å². The molecule has 4 heteroatoms. The van der Waals surface area contributed by atoms with Gasteiger partial charge in [0, 0.05) is 30.1 Å². The number of rotatable bonds is 3. The normalized spacial score (nSPS) is 15.0. The molecule has 0 radical (unpaired) electrons. The van der Waals surface area contributed by atoms with Crippen molar-refractivity contribution in [3.8, 4) is 0 Å². The van der Waals surface area contributed by atoms with Crippen molar-refractivity contribution in [1.29, 1.82) is 0 Å². The molecule has 3 rings (SSSR count).